The van der Waals surface area contributed by atoms with Crippen LogP contribution in [0.25, 0.3) is 10.2 Å². The van der Waals surface area contributed by atoms with Crippen molar-refractivity contribution in [3.05, 3.63) is 35.7 Å². The molecule has 0 saturated heterocycles. The molecule has 1 radical (unpaired) electrons. The summed E-state index contributed by atoms with van der Waals surface area (Å²) in [6, 6.07) is 6.25. The number of aryl methyl sites for hydroxylation is 1. The summed E-state index contributed by atoms with van der Waals surface area (Å²) in [5.74, 6) is 0. The number of benzene rings is 1. The monoisotopic (exact) mass is 162 g/mol. The van der Waals surface area contributed by atoms with Gasteiger partial charge in [0.15, 0.2) is 0 Å². The summed E-state index contributed by atoms with van der Waals surface area (Å²) in [5.41, 5.74) is 2.34. The highest BCUT2D eigenvalue weighted by molar-refractivity contribution is 7.18. The zero-order chi connectivity index (χ0) is 7.84. The molecule has 0 unspecified atom stereocenters. The Hall–Kier alpha value is -0.890. The SMILES string of the molecule is [CH2]c1nc2ccc(C)cc2s1. The predicted molar refractivity (Wildman–Crippen MR) is 48.8 cm³/mol. The molecular weight excluding hydrogens is 154 g/mol. The molecule has 1 aromatic carbocycles. The third kappa shape index (κ3) is 1.14. The van der Waals surface area contributed by atoms with E-state index >= 15 is 0 Å². The van der Waals surface area contributed by atoms with Crippen LogP contribution in [0.5, 0.6) is 0 Å². The number of hydrogen-bond acceptors (Lipinski definition) is 2. The summed E-state index contributed by atoms with van der Waals surface area (Å²) in [6.07, 6.45) is 0. The lowest BCUT2D eigenvalue weighted by atomic mass is 10.2. The molecule has 0 saturated carbocycles. The lowest BCUT2D eigenvalue weighted by molar-refractivity contribution is 1.42. The van der Waals surface area contributed by atoms with Gasteiger partial charge in [-0.2, -0.15) is 0 Å². The van der Waals surface area contributed by atoms with Crippen LogP contribution in [0.3, 0.4) is 0 Å². The molecule has 0 atom stereocenters. The maximum absolute atomic E-state index is 4.26. The minimum absolute atomic E-state index is 0.894. The van der Waals surface area contributed by atoms with Crippen molar-refractivity contribution in [2.45, 2.75) is 6.92 Å². The Labute approximate surface area is 69.7 Å². The summed E-state index contributed by atoms with van der Waals surface area (Å²) in [6.45, 7) is 5.88. The molecule has 0 N–H and O–H groups in total. The maximum atomic E-state index is 4.26. The molecule has 1 heterocycles. The fraction of sp³-hybridized carbons (Fsp3) is 0.111. The molecule has 0 aliphatic carbocycles. The third-order valence-electron chi connectivity index (χ3n) is 1.59. The average molecular weight is 162 g/mol. The normalized spacial score (nSPS) is 10.7. The van der Waals surface area contributed by atoms with Gasteiger partial charge in [0.2, 0.25) is 0 Å². The van der Waals surface area contributed by atoms with E-state index in [9.17, 15) is 0 Å². The van der Waals surface area contributed by atoms with Gasteiger partial charge in [-0.1, -0.05) is 6.07 Å². The maximum Gasteiger partial charge on any atom is 0.0942 e. The van der Waals surface area contributed by atoms with Crippen LogP contribution < -0.4 is 0 Å². The van der Waals surface area contributed by atoms with Gasteiger partial charge in [0.05, 0.1) is 15.2 Å². The standard InChI is InChI=1S/C9H8NS/c1-6-3-4-8-9(5-6)11-7(2)10-8/h3-5H,2H2,1H3. The molecule has 0 amide bonds. The van der Waals surface area contributed by atoms with E-state index in [1.807, 2.05) is 6.07 Å². The van der Waals surface area contributed by atoms with Crippen molar-refractivity contribution in [1.82, 2.24) is 4.98 Å². The molecule has 2 rings (SSSR count). The summed E-state index contributed by atoms with van der Waals surface area (Å²) in [5, 5.41) is 0.894. The number of nitrogens with zero attached hydrogens (tertiary/aromatic N) is 1. The predicted octanol–water partition coefficient (Wildman–Crippen LogP) is 2.79. The van der Waals surface area contributed by atoms with Crippen molar-refractivity contribution in [2.24, 2.45) is 0 Å². The fourth-order valence-electron chi connectivity index (χ4n) is 1.08. The summed E-state index contributed by atoms with van der Waals surface area (Å²) in [7, 11) is 0. The van der Waals surface area contributed by atoms with Crippen LogP contribution in [0.1, 0.15) is 10.6 Å². The molecule has 1 aromatic heterocycles. The molecule has 2 aromatic rings. The zero-order valence-corrected chi connectivity index (χ0v) is 7.11. The van der Waals surface area contributed by atoms with Gasteiger partial charge in [-0.05, 0) is 24.6 Å². The molecule has 11 heavy (non-hydrogen) atoms. The Balaban J connectivity index is 2.82. The van der Waals surface area contributed by atoms with Crippen LogP contribution in [-0.4, -0.2) is 4.98 Å². The van der Waals surface area contributed by atoms with Crippen LogP contribution in [-0.2, 0) is 0 Å². The van der Waals surface area contributed by atoms with Gasteiger partial charge >= 0.3 is 0 Å². The molecule has 0 fully saturated rings. The van der Waals surface area contributed by atoms with Crippen molar-refractivity contribution in [3.8, 4) is 0 Å². The lowest BCUT2D eigenvalue weighted by Crippen LogP contribution is -1.70. The molecular formula is C9H8NS. The minimum Gasteiger partial charge on any atom is -0.241 e. The molecule has 2 heteroatoms. The molecule has 0 bridgehead atoms. The summed E-state index contributed by atoms with van der Waals surface area (Å²) in [4.78, 5) is 4.26. The highest BCUT2D eigenvalue weighted by atomic mass is 32.1. The van der Waals surface area contributed by atoms with Gasteiger partial charge in [-0.15, -0.1) is 11.3 Å². The first-order valence-electron chi connectivity index (χ1n) is 3.45. The van der Waals surface area contributed by atoms with Crippen molar-refractivity contribution in [1.29, 1.82) is 0 Å². The number of aromatic nitrogens is 1. The molecule has 1 nitrogen and oxygen atoms in total. The quantitative estimate of drug-likeness (QED) is 0.580. The first-order chi connectivity index (χ1) is 5.25. The van der Waals surface area contributed by atoms with E-state index < -0.39 is 0 Å². The van der Waals surface area contributed by atoms with Crippen molar-refractivity contribution >= 4 is 21.6 Å². The van der Waals surface area contributed by atoms with Crippen LogP contribution in [0.2, 0.25) is 0 Å². The number of fused-ring (bicyclic) bond motifs is 1. The van der Waals surface area contributed by atoms with Gasteiger partial charge in [0.25, 0.3) is 0 Å². The first kappa shape index (κ1) is 6.80. The van der Waals surface area contributed by atoms with Crippen molar-refractivity contribution < 1.29 is 0 Å². The lowest BCUT2D eigenvalue weighted by Gasteiger charge is -1.88. The largest absolute Gasteiger partial charge is 0.241 e. The van der Waals surface area contributed by atoms with Gasteiger partial charge < -0.3 is 0 Å². The Kier molecular flexibility index (Phi) is 1.43. The van der Waals surface area contributed by atoms with E-state index in [1.165, 1.54) is 10.3 Å². The van der Waals surface area contributed by atoms with E-state index in [0.717, 1.165) is 10.5 Å². The molecule has 0 spiro atoms. The van der Waals surface area contributed by atoms with Gasteiger partial charge in [-0.25, -0.2) is 4.98 Å². The summed E-state index contributed by atoms with van der Waals surface area (Å²) >= 11 is 1.64. The van der Waals surface area contributed by atoms with E-state index in [0.29, 0.717) is 0 Å². The second-order valence-corrected chi connectivity index (χ2v) is 3.69. The molecule has 0 aliphatic heterocycles. The molecule has 0 aliphatic rings. The van der Waals surface area contributed by atoms with E-state index in [-0.39, 0.29) is 0 Å². The van der Waals surface area contributed by atoms with E-state index in [1.54, 1.807) is 11.3 Å². The Bertz CT molecular complexity index is 389. The first-order valence-corrected chi connectivity index (χ1v) is 4.26. The second kappa shape index (κ2) is 2.31. The number of thiazole rings is 1. The number of rotatable bonds is 0. The van der Waals surface area contributed by atoms with Crippen LogP contribution in [0, 0.1) is 13.8 Å². The fourth-order valence-corrected chi connectivity index (χ4v) is 1.94. The zero-order valence-electron chi connectivity index (χ0n) is 6.29. The number of hydrogen-bond donors (Lipinski definition) is 0. The van der Waals surface area contributed by atoms with Crippen LogP contribution in [0.4, 0.5) is 0 Å². The Morgan fingerprint density at radius 1 is 1.45 bits per heavy atom. The second-order valence-electron chi connectivity index (χ2n) is 2.58. The highest BCUT2D eigenvalue weighted by Gasteiger charge is 1.98. The smallest absolute Gasteiger partial charge is 0.0942 e. The van der Waals surface area contributed by atoms with Gasteiger partial charge in [0, 0.05) is 6.92 Å². The highest BCUT2D eigenvalue weighted by Crippen LogP contribution is 2.21. The topological polar surface area (TPSA) is 12.9 Å². The van der Waals surface area contributed by atoms with Crippen molar-refractivity contribution in [2.75, 3.05) is 0 Å². The van der Waals surface area contributed by atoms with Gasteiger partial charge in [-0.3, -0.25) is 0 Å². The van der Waals surface area contributed by atoms with Gasteiger partial charge in [0.1, 0.15) is 0 Å². The average Bonchev–Trinajstić information content (AvgIpc) is 2.27. The van der Waals surface area contributed by atoms with Crippen LogP contribution in [0.15, 0.2) is 18.2 Å². The minimum atomic E-state index is 0.894. The van der Waals surface area contributed by atoms with E-state index in [2.05, 4.69) is 31.0 Å². The molecule has 55 valence electrons. The summed E-state index contributed by atoms with van der Waals surface area (Å²) < 4.78 is 1.23. The van der Waals surface area contributed by atoms with Crippen molar-refractivity contribution in [3.63, 3.8) is 0 Å². The van der Waals surface area contributed by atoms with E-state index in [4.69, 9.17) is 0 Å². The Morgan fingerprint density at radius 2 is 2.27 bits per heavy atom. The third-order valence-corrected chi connectivity index (χ3v) is 2.46. The van der Waals surface area contributed by atoms with Crippen LogP contribution >= 0.6 is 11.3 Å². The Morgan fingerprint density at radius 3 is 3.09 bits per heavy atom.